The second-order valence-corrected chi connectivity index (χ2v) is 7.46. The van der Waals surface area contributed by atoms with Crippen LogP contribution in [0.4, 0.5) is 0 Å². The molecule has 0 aliphatic heterocycles. The van der Waals surface area contributed by atoms with Gasteiger partial charge in [-0.1, -0.05) is 23.8 Å². The summed E-state index contributed by atoms with van der Waals surface area (Å²) in [5.41, 5.74) is 1.90. The molecule has 2 aromatic rings. The molecule has 0 aromatic heterocycles. The maximum absolute atomic E-state index is 12.6. The number of ketones is 1. The van der Waals surface area contributed by atoms with E-state index in [1.165, 1.54) is 18.2 Å². The first kappa shape index (κ1) is 22.6. The molecule has 0 unspecified atom stereocenters. The van der Waals surface area contributed by atoms with Gasteiger partial charge in [0.15, 0.2) is 5.78 Å². The van der Waals surface area contributed by atoms with Gasteiger partial charge in [0.25, 0.3) is 0 Å². The summed E-state index contributed by atoms with van der Waals surface area (Å²) in [5, 5.41) is 50.2. The van der Waals surface area contributed by atoms with Gasteiger partial charge in [0.2, 0.25) is 0 Å². The van der Waals surface area contributed by atoms with E-state index >= 15 is 0 Å². The smallest absolute Gasteiger partial charge is 0.193 e. The van der Waals surface area contributed by atoms with Gasteiger partial charge < -0.3 is 25.5 Å². The monoisotopic (exact) mass is 410 g/mol. The van der Waals surface area contributed by atoms with E-state index < -0.39 is 17.3 Å². The topological polar surface area (TPSA) is 118 Å². The summed E-state index contributed by atoms with van der Waals surface area (Å²) in [5.74, 6) is -2.65. The number of allylic oxidation sites excluding steroid dienone is 4. The molecule has 0 heterocycles. The van der Waals surface area contributed by atoms with Gasteiger partial charge in [0.05, 0.1) is 0 Å². The lowest BCUT2D eigenvalue weighted by Gasteiger charge is -2.17. The Morgan fingerprint density at radius 2 is 1.67 bits per heavy atom. The van der Waals surface area contributed by atoms with Gasteiger partial charge in [-0.05, 0) is 51.5 Å². The molecule has 6 nitrogen and oxygen atoms in total. The highest BCUT2D eigenvalue weighted by Crippen LogP contribution is 2.40. The largest absolute Gasteiger partial charge is 0.508 e. The summed E-state index contributed by atoms with van der Waals surface area (Å²) >= 11 is 0. The van der Waals surface area contributed by atoms with Gasteiger partial charge in [-0.3, -0.25) is 4.79 Å². The Kier molecular flexibility index (Phi) is 6.95. The van der Waals surface area contributed by atoms with Gasteiger partial charge >= 0.3 is 0 Å². The van der Waals surface area contributed by atoms with Gasteiger partial charge in [0.1, 0.15) is 34.3 Å². The number of carbonyl (C=O) groups is 1. The zero-order valence-corrected chi connectivity index (χ0v) is 17.2. The average molecular weight is 410 g/mol. The first-order valence-corrected chi connectivity index (χ1v) is 9.32. The van der Waals surface area contributed by atoms with Crippen LogP contribution in [0.5, 0.6) is 28.7 Å². The highest BCUT2D eigenvalue weighted by molar-refractivity contribution is 6.11. The summed E-state index contributed by atoms with van der Waals surface area (Å²) in [6.45, 7) is 9.61. The van der Waals surface area contributed by atoms with Crippen LogP contribution in [0.3, 0.4) is 0 Å². The van der Waals surface area contributed by atoms with Crippen molar-refractivity contribution in [1.29, 1.82) is 0 Å². The van der Waals surface area contributed by atoms with E-state index in [-0.39, 0.29) is 46.3 Å². The highest BCUT2D eigenvalue weighted by atomic mass is 16.3. The maximum atomic E-state index is 12.6. The number of carbonyl (C=O) groups excluding carboxylic acids is 1. The predicted octanol–water partition coefficient (Wildman–Crippen LogP) is 4.81. The SMILES string of the molecule is C=C(C)[C@H](C=C(C)C)Cc1c(O)cc(O)c(C(=O)/C=C/c2ccc(O)cc2O)c1O. The number of benzene rings is 2. The fourth-order valence-electron chi connectivity index (χ4n) is 3.05. The van der Waals surface area contributed by atoms with Crippen molar-refractivity contribution in [3.05, 3.63) is 70.8 Å². The van der Waals surface area contributed by atoms with E-state index in [0.29, 0.717) is 0 Å². The lowest BCUT2D eigenvalue weighted by Crippen LogP contribution is -2.06. The molecule has 2 rings (SSSR count). The van der Waals surface area contributed by atoms with Crippen LogP contribution in [0.15, 0.2) is 54.1 Å². The number of phenolic OH excluding ortho intramolecular Hbond substituents is 5. The Morgan fingerprint density at radius 3 is 2.23 bits per heavy atom. The Bertz CT molecular complexity index is 1040. The zero-order valence-electron chi connectivity index (χ0n) is 17.2. The van der Waals surface area contributed by atoms with Gasteiger partial charge in [-0.25, -0.2) is 0 Å². The Labute approximate surface area is 175 Å². The van der Waals surface area contributed by atoms with Crippen LogP contribution in [0.2, 0.25) is 0 Å². The van der Waals surface area contributed by atoms with Gasteiger partial charge in [-0.15, -0.1) is 0 Å². The van der Waals surface area contributed by atoms with Crippen LogP contribution in [-0.2, 0) is 6.42 Å². The minimum atomic E-state index is -0.715. The highest BCUT2D eigenvalue weighted by Gasteiger charge is 2.23. The third kappa shape index (κ3) is 5.23. The predicted molar refractivity (Wildman–Crippen MR) is 116 cm³/mol. The number of hydrogen-bond donors (Lipinski definition) is 5. The Morgan fingerprint density at radius 1 is 1.00 bits per heavy atom. The number of phenols is 5. The van der Waals surface area contributed by atoms with Crippen molar-refractivity contribution >= 4 is 11.9 Å². The lowest BCUT2D eigenvalue weighted by atomic mass is 9.89. The average Bonchev–Trinajstić information content (AvgIpc) is 2.62. The van der Waals surface area contributed by atoms with Crippen molar-refractivity contribution in [1.82, 2.24) is 0 Å². The molecule has 0 radical (unpaired) electrons. The fraction of sp³-hybridized carbons (Fsp3) is 0.208. The summed E-state index contributed by atoms with van der Waals surface area (Å²) in [6.07, 6.45) is 4.51. The van der Waals surface area contributed by atoms with Crippen molar-refractivity contribution in [2.45, 2.75) is 27.2 Å². The van der Waals surface area contributed by atoms with E-state index in [2.05, 4.69) is 6.58 Å². The molecule has 158 valence electrons. The standard InChI is InChI=1S/C24H26O6/c1-13(2)9-16(14(3)4)10-18-21(28)12-22(29)23(24(18)30)19(26)8-6-15-5-7-17(25)11-20(15)27/h5-9,11-12,16,25,27-30H,3,10H2,1-2,4H3/b8-6+/t16-/m1/s1. The van der Waals surface area contributed by atoms with E-state index in [1.807, 2.05) is 26.8 Å². The van der Waals surface area contributed by atoms with Crippen molar-refractivity contribution < 1.29 is 30.3 Å². The Hall–Kier alpha value is -3.67. The number of rotatable bonds is 7. The molecule has 0 spiro atoms. The minimum Gasteiger partial charge on any atom is -0.508 e. The lowest BCUT2D eigenvalue weighted by molar-refractivity contribution is 0.104. The molecule has 5 N–H and O–H groups in total. The second-order valence-electron chi connectivity index (χ2n) is 7.46. The quantitative estimate of drug-likeness (QED) is 0.254. The molecular weight excluding hydrogens is 384 g/mol. The van der Waals surface area contributed by atoms with Crippen molar-refractivity contribution in [2.24, 2.45) is 5.92 Å². The third-order valence-corrected chi connectivity index (χ3v) is 4.63. The first-order chi connectivity index (χ1) is 14.0. The third-order valence-electron chi connectivity index (χ3n) is 4.63. The van der Waals surface area contributed by atoms with Crippen LogP contribution in [0.25, 0.3) is 6.08 Å². The van der Waals surface area contributed by atoms with E-state index in [0.717, 1.165) is 29.4 Å². The summed E-state index contributed by atoms with van der Waals surface area (Å²) in [6, 6.07) is 4.90. The number of hydrogen-bond acceptors (Lipinski definition) is 6. The molecule has 0 bridgehead atoms. The molecule has 0 amide bonds. The normalized spacial score (nSPS) is 12.0. The van der Waals surface area contributed by atoms with Crippen molar-refractivity contribution in [2.75, 3.05) is 0 Å². The number of aromatic hydroxyl groups is 5. The van der Waals surface area contributed by atoms with Crippen molar-refractivity contribution in [3.8, 4) is 28.7 Å². The second kappa shape index (κ2) is 9.22. The molecule has 0 aliphatic carbocycles. The molecule has 2 aromatic carbocycles. The molecule has 0 saturated heterocycles. The summed E-state index contributed by atoms with van der Waals surface area (Å²) in [7, 11) is 0. The molecule has 6 heteroatoms. The van der Waals surface area contributed by atoms with Crippen LogP contribution in [0, 0.1) is 5.92 Å². The molecule has 30 heavy (non-hydrogen) atoms. The van der Waals surface area contributed by atoms with Crippen LogP contribution >= 0.6 is 0 Å². The Balaban J connectivity index is 2.44. The van der Waals surface area contributed by atoms with Crippen molar-refractivity contribution in [3.63, 3.8) is 0 Å². The van der Waals surface area contributed by atoms with E-state index in [4.69, 9.17) is 0 Å². The minimum absolute atomic E-state index is 0.127. The van der Waals surface area contributed by atoms with Crippen LogP contribution in [0.1, 0.15) is 42.3 Å². The molecular formula is C24H26O6. The zero-order chi connectivity index (χ0) is 22.6. The van der Waals surface area contributed by atoms with E-state index in [9.17, 15) is 30.3 Å². The molecule has 0 fully saturated rings. The molecule has 0 saturated carbocycles. The molecule has 1 atom stereocenters. The van der Waals surface area contributed by atoms with Crippen LogP contribution in [-0.4, -0.2) is 31.3 Å². The maximum Gasteiger partial charge on any atom is 0.193 e. The van der Waals surface area contributed by atoms with E-state index in [1.54, 1.807) is 0 Å². The first-order valence-electron chi connectivity index (χ1n) is 9.32. The summed E-state index contributed by atoms with van der Waals surface area (Å²) < 4.78 is 0. The van der Waals surface area contributed by atoms with Crippen LogP contribution < -0.4 is 0 Å². The fourth-order valence-corrected chi connectivity index (χ4v) is 3.05. The summed E-state index contributed by atoms with van der Waals surface area (Å²) in [4.78, 5) is 12.6. The molecule has 0 aliphatic rings. The van der Waals surface area contributed by atoms with Gasteiger partial charge in [0, 0.05) is 29.2 Å². The van der Waals surface area contributed by atoms with Gasteiger partial charge in [-0.2, -0.15) is 0 Å².